The van der Waals surface area contributed by atoms with Gasteiger partial charge in [0.25, 0.3) is 0 Å². The van der Waals surface area contributed by atoms with E-state index in [9.17, 15) is 5.11 Å². The van der Waals surface area contributed by atoms with Gasteiger partial charge in [-0.25, -0.2) is 4.98 Å². The van der Waals surface area contributed by atoms with Crippen LogP contribution in [0.3, 0.4) is 0 Å². The van der Waals surface area contributed by atoms with E-state index in [0.29, 0.717) is 5.69 Å². The van der Waals surface area contributed by atoms with Crippen molar-refractivity contribution in [3.8, 4) is 17.5 Å². The molecule has 0 amide bonds. The van der Waals surface area contributed by atoms with Gasteiger partial charge in [-0.1, -0.05) is 6.07 Å². The molecule has 0 atom stereocenters. The Balaban J connectivity index is 2.56. The van der Waals surface area contributed by atoms with Crippen molar-refractivity contribution in [2.24, 2.45) is 0 Å². The van der Waals surface area contributed by atoms with Crippen LogP contribution in [0.25, 0.3) is 5.69 Å². The summed E-state index contributed by atoms with van der Waals surface area (Å²) in [5, 5.41) is 18.0. The Morgan fingerprint density at radius 3 is 3.00 bits per heavy atom. The fraction of sp³-hybridized carbons (Fsp3) is 0. The summed E-state index contributed by atoms with van der Waals surface area (Å²) >= 11 is 0. The Kier molecular flexibility index (Phi) is 1.92. The molecular weight excluding hydrogens is 178 g/mol. The number of hydrogen-bond donors (Lipinski definition) is 1. The number of rotatable bonds is 1. The predicted octanol–water partition coefficient (Wildman–Crippen LogP) is 1.45. The van der Waals surface area contributed by atoms with Crippen molar-refractivity contribution >= 4 is 0 Å². The molecule has 1 aromatic heterocycles. The standard InChI is InChI=1S/C10H7N3O/c11-5-9-6-12-7-13(9)8-2-1-3-10(14)4-8/h1-4,6-7,14H. The first-order valence-corrected chi connectivity index (χ1v) is 4.03. The molecule has 0 saturated heterocycles. The molecule has 0 aliphatic carbocycles. The number of nitrogens with zero attached hydrogens (tertiary/aromatic N) is 3. The third-order valence-corrected chi connectivity index (χ3v) is 1.86. The molecule has 0 bridgehead atoms. The van der Waals surface area contributed by atoms with Crippen LogP contribution >= 0.6 is 0 Å². The van der Waals surface area contributed by atoms with Crippen molar-refractivity contribution in [1.82, 2.24) is 9.55 Å². The number of imidazole rings is 1. The Bertz CT molecular complexity index is 496. The molecule has 0 saturated carbocycles. The van der Waals surface area contributed by atoms with Gasteiger partial charge in [-0.15, -0.1) is 0 Å². The van der Waals surface area contributed by atoms with Crippen molar-refractivity contribution in [3.05, 3.63) is 42.5 Å². The number of phenolic OH excluding ortho intramolecular Hbond substituents is 1. The summed E-state index contributed by atoms with van der Waals surface area (Å²) in [4.78, 5) is 3.86. The van der Waals surface area contributed by atoms with Crippen LogP contribution in [0.5, 0.6) is 5.75 Å². The highest BCUT2D eigenvalue weighted by Crippen LogP contribution is 2.16. The SMILES string of the molecule is N#Cc1cncn1-c1cccc(O)c1. The van der Waals surface area contributed by atoms with E-state index in [1.807, 2.05) is 6.07 Å². The Labute approximate surface area is 80.7 Å². The second-order valence-corrected chi connectivity index (χ2v) is 2.78. The van der Waals surface area contributed by atoms with Crippen LogP contribution in [0.15, 0.2) is 36.8 Å². The summed E-state index contributed by atoms with van der Waals surface area (Å²) in [6.07, 6.45) is 3.01. The fourth-order valence-corrected chi connectivity index (χ4v) is 1.23. The molecule has 0 spiro atoms. The largest absolute Gasteiger partial charge is 0.508 e. The summed E-state index contributed by atoms with van der Waals surface area (Å²) in [5.74, 6) is 0.167. The molecular formula is C10H7N3O. The van der Waals surface area contributed by atoms with E-state index < -0.39 is 0 Å². The third-order valence-electron chi connectivity index (χ3n) is 1.86. The highest BCUT2D eigenvalue weighted by molar-refractivity contribution is 5.41. The number of hydrogen-bond acceptors (Lipinski definition) is 3. The molecule has 4 heteroatoms. The summed E-state index contributed by atoms with van der Waals surface area (Å²) in [6.45, 7) is 0. The Morgan fingerprint density at radius 1 is 1.43 bits per heavy atom. The van der Waals surface area contributed by atoms with E-state index in [0.717, 1.165) is 5.69 Å². The van der Waals surface area contributed by atoms with Gasteiger partial charge in [0.05, 0.1) is 11.9 Å². The van der Waals surface area contributed by atoms with Crippen LogP contribution in [0, 0.1) is 11.3 Å². The van der Waals surface area contributed by atoms with Crippen LogP contribution < -0.4 is 0 Å². The van der Waals surface area contributed by atoms with E-state index in [2.05, 4.69) is 4.98 Å². The molecule has 68 valence electrons. The highest BCUT2D eigenvalue weighted by atomic mass is 16.3. The Morgan fingerprint density at radius 2 is 2.29 bits per heavy atom. The zero-order valence-corrected chi connectivity index (χ0v) is 7.25. The lowest BCUT2D eigenvalue weighted by molar-refractivity contribution is 0.475. The van der Waals surface area contributed by atoms with E-state index in [1.165, 1.54) is 12.5 Å². The van der Waals surface area contributed by atoms with Crippen LogP contribution in [0.1, 0.15) is 5.69 Å². The normalized spacial score (nSPS) is 9.64. The van der Waals surface area contributed by atoms with Gasteiger partial charge >= 0.3 is 0 Å². The lowest BCUT2D eigenvalue weighted by Gasteiger charge is -2.02. The van der Waals surface area contributed by atoms with Crippen molar-refractivity contribution in [3.63, 3.8) is 0 Å². The zero-order chi connectivity index (χ0) is 9.97. The molecule has 1 aromatic carbocycles. The molecule has 1 heterocycles. The van der Waals surface area contributed by atoms with Crippen LogP contribution in [0.4, 0.5) is 0 Å². The number of benzene rings is 1. The maximum Gasteiger partial charge on any atom is 0.144 e. The maximum absolute atomic E-state index is 9.26. The van der Waals surface area contributed by atoms with Crippen LogP contribution in [-0.4, -0.2) is 14.7 Å². The van der Waals surface area contributed by atoms with Gasteiger partial charge in [-0.3, -0.25) is 4.57 Å². The lowest BCUT2D eigenvalue weighted by Crippen LogP contribution is -1.94. The molecule has 2 aromatic rings. The van der Waals surface area contributed by atoms with Crippen molar-refractivity contribution in [2.75, 3.05) is 0 Å². The molecule has 0 fully saturated rings. The van der Waals surface area contributed by atoms with Crippen LogP contribution in [-0.2, 0) is 0 Å². The number of phenols is 1. The average Bonchev–Trinajstić information content (AvgIpc) is 2.65. The first-order chi connectivity index (χ1) is 6.81. The van der Waals surface area contributed by atoms with Crippen molar-refractivity contribution < 1.29 is 5.11 Å². The van der Waals surface area contributed by atoms with E-state index in [1.54, 1.807) is 28.8 Å². The number of aromatic hydroxyl groups is 1. The second-order valence-electron chi connectivity index (χ2n) is 2.78. The fourth-order valence-electron chi connectivity index (χ4n) is 1.23. The summed E-state index contributed by atoms with van der Waals surface area (Å²) < 4.78 is 1.61. The van der Waals surface area contributed by atoms with Gasteiger partial charge in [-0.2, -0.15) is 5.26 Å². The first-order valence-electron chi connectivity index (χ1n) is 4.03. The lowest BCUT2D eigenvalue weighted by atomic mass is 10.3. The third kappa shape index (κ3) is 1.31. The molecule has 0 aliphatic heterocycles. The van der Waals surface area contributed by atoms with E-state index in [4.69, 9.17) is 5.26 Å². The van der Waals surface area contributed by atoms with Gasteiger partial charge in [0.2, 0.25) is 0 Å². The predicted molar refractivity (Wildman–Crippen MR) is 49.9 cm³/mol. The molecule has 4 nitrogen and oxygen atoms in total. The second kappa shape index (κ2) is 3.23. The van der Waals surface area contributed by atoms with Gasteiger partial charge in [0, 0.05) is 6.07 Å². The average molecular weight is 185 g/mol. The van der Waals surface area contributed by atoms with Crippen LogP contribution in [0.2, 0.25) is 0 Å². The smallest absolute Gasteiger partial charge is 0.144 e. The van der Waals surface area contributed by atoms with E-state index in [-0.39, 0.29) is 5.75 Å². The minimum Gasteiger partial charge on any atom is -0.508 e. The minimum absolute atomic E-state index is 0.167. The molecule has 1 N–H and O–H groups in total. The summed E-state index contributed by atoms with van der Waals surface area (Å²) in [7, 11) is 0. The maximum atomic E-state index is 9.26. The Hall–Kier alpha value is -2.28. The van der Waals surface area contributed by atoms with Gasteiger partial charge < -0.3 is 5.11 Å². The summed E-state index contributed by atoms with van der Waals surface area (Å²) in [6, 6.07) is 8.67. The number of nitriles is 1. The summed E-state index contributed by atoms with van der Waals surface area (Å²) in [5.41, 5.74) is 1.16. The van der Waals surface area contributed by atoms with Crippen molar-refractivity contribution in [2.45, 2.75) is 0 Å². The minimum atomic E-state index is 0.167. The molecule has 0 unspecified atom stereocenters. The molecule has 14 heavy (non-hydrogen) atoms. The van der Waals surface area contributed by atoms with Gasteiger partial charge in [0.15, 0.2) is 0 Å². The van der Waals surface area contributed by atoms with Crippen molar-refractivity contribution in [1.29, 1.82) is 5.26 Å². The number of aromatic nitrogens is 2. The molecule has 0 aliphatic rings. The monoisotopic (exact) mass is 185 g/mol. The molecule has 0 radical (unpaired) electrons. The molecule has 2 rings (SSSR count). The topological polar surface area (TPSA) is 61.8 Å². The van der Waals surface area contributed by atoms with E-state index >= 15 is 0 Å². The van der Waals surface area contributed by atoms with Gasteiger partial charge in [0.1, 0.15) is 23.8 Å². The highest BCUT2D eigenvalue weighted by Gasteiger charge is 2.02. The zero-order valence-electron chi connectivity index (χ0n) is 7.25. The van der Waals surface area contributed by atoms with Gasteiger partial charge in [-0.05, 0) is 12.1 Å². The first kappa shape index (κ1) is 8.32. The quantitative estimate of drug-likeness (QED) is 0.731.